The molecule has 0 fully saturated rings. The fraction of sp³-hybridized carbons (Fsp3) is 0.235. The predicted octanol–water partition coefficient (Wildman–Crippen LogP) is 1.72. The molecular weight excluding hydrogens is 328 g/mol. The molecule has 8 nitrogen and oxygen atoms in total. The number of carbonyl (C=O) groups is 1. The van der Waals surface area contributed by atoms with Gasteiger partial charge in [-0.1, -0.05) is 24.3 Å². The molecule has 130 valence electrons. The first-order chi connectivity index (χ1) is 12.0. The third kappa shape index (κ3) is 3.86. The topological polar surface area (TPSA) is 111 Å². The number of nitrogens with one attached hydrogen (secondary N) is 1. The molecule has 0 bridgehead atoms. The summed E-state index contributed by atoms with van der Waals surface area (Å²) in [5.74, 6) is 0.744. The normalized spacial score (nSPS) is 13.3. The van der Waals surface area contributed by atoms with Crippen molar-refractivity contribution in [3.63, 3.8) is 0 Å². The van der Waals surface area contributed by atoms with Gasteiger partial charge in [-0.2, -0.15) is 0 Å². The number of benzene rings is 2. The minimum atomic E-state index is -0.927. The Kier molecular flexibility index (Phi) is 4.80. The SMILES string of the molecule is O=C(Cc1ccccc1[N+](=O)[O-])NC[C@H](O)c1ccc2c(c1)OCO2. The van der Waals surface area contributed by atoms with Crippen LogP contribution in [-0.2, 0) is 11.2 Å². The minimum absolute atomic E-state index is 0.0148. The van der Waals surface area contributed by atoms with Crippen LogP contribution in [-0.4, -0.2) is 29.3 Å². The summed E-state index contributed by atoms with van der Waals surface area (Å²) >= 11 is 0. The zero-order chi connectivity index (χ0) is 17.8. The van der Waals surface area contributed by atoms with Crippen molar-refractivity contribution in [2.45, 2.75) is 12.5 Å². The number of ether oxygens (including phenoxy) is 2. The third-order valence-electron chi connectivity index (χ3n) is 3.81. The number of nitro groups is 1. The predicted molar refractivity (Wildman–Crippen MR) is 87.3 cm³/mol. The van der Waals surface area contributed by atoms with Crippen LogP contribution in [0.3, 0.4) is 0 Å². The molecule has 1 amide bonds. The van der Waals surface area contributed by atoms with Crippen molar-refractivity contribution in [1.29, 1.82) is 0 Å². The minimum Gasteiger partial charge on any atom is -0.454 e. The Hall–Kier alpha value is -3.13. The fourth-order valence-electron chi connectivity index (χ4n) is 2.52. The summed E-state index contributed by atoms with van der Waals surface area (Å²) in [7, 11) is 0. The highest BCUT2D eigenvalue weighted by atomic mass is 16.7. The Labute approximate surface area is 143 Å². The quantitative estimate of drug-likeness (QED) is 0.610. The third-order valence-corrected chi connectivity index (χ3v) is 3.81. The molecule has 2 aromatic carbocycles. The molecule has 2 aromatic rings. The van der Waals surface area contributed by atoms with Crippen molar-refractivity contribution in [2.75, 3.05) is 13.3 Å². The number of carbonyl (C=O) groups excluding carboxylic acids is 1. The van der Waals surface area contributed by atoms with Crippen molar-refractivity contribution in [3.8, 4) is 11.5 Å². The maximum absolute atomic E-state index is 12.0. The molecule has 1 heterocycles. The van der Waals surface area contributed by atoms with Gasteiger partial charge in [0.15, 0.2) is 11.5 Å². The van der Waals surface area contributed by atoms with Crippen molar-refractivity contribution < 1.29 is 24.3 Å². The highest BCUT2D eigenvalue weighted by molar-refractivity contribution is 5.79. The first-order valence-electron chi connectivity index (χ1n) is 7.61. The molecule has 0 saturated heterocycles. The molecule has 25 heavy (non-hydrogen) atoms. The van der Waals surface area contributed by atoms with E-state index < -0.39 is 16.9 Å². The van der Waals surface area contributed by atoms with Gasteiger partial charge in [-0.3, -0.25) is 14.9 Å². The van der Waals surface area contributed by atoms with Crippen LogP contribution >= 0.6 is 0 Å². The molecule has 0 saturated carbocycles. The molecule has 0 aromatic heterocycles. The summed E-state index contributed by atoms with van der Waals surface area (Å²) in [4.78, 5) is 22.5. The van der Waals surface area contributed by atoms with Crippen molar-refractivity contribution >= 4 is 11.6 Å². The van der Waals surface area contributed by atoms with Gasteiger partial charge in [0.25, 0.3) is 5.69 Å². The highest BCUT2D eigenvalue weighted by Crippen LogP contribution is 2.34. The van der Waals surface area contributed by atoms with Gasteiger partial charge < -0.3 is 19.9 Å². The summed E-state index contributed by atoms with van der Waals surface area (Å²) in [5.41, 5.74) is 0.798. The zero-order valence-corrected chi connectivity index (χ0v) is 13.2. The van der Waals surface area contributed by atoms with E-state index in [0.717, 1.165) is 0 Å². The van der Waals surface area contributed by atoms with Crippen molar-refractivity contribution in [3.05, 3.63) is 63.7 Å². The summed E-state index contributed by atoms with van der Waals surface area (Å²) in [6, 6.07) is 11.1. The van der Waals surface area contributed by atoms with E-state index in [9.17, 15) is 20.0 Å². The molecule has 2 N–H and O–H groups in total. The first-order valence-corrected chi connectivity index (χ1v) is 7.61. The molecule has 0 spiro atoms. The molecule has 8 heteroatoms. The monoisotopic (exact) mass is 344 g/mol. The van der Waals surface area contributed by atoms with Crippen molar-refractivity contribution in [2.24, 2.45) is 0 Å². The molecular formula is C17H16N2O6. The molecule has 0 radical (unpaired) electrons. The molecule has 0 unspecified atom stereocenters. The van der Waals surface area contributed by atoms with E-state index in [0.29, 0.717) is 22.6 Å². The maximum atomic E-state index is 12.0. The van der Waals surface area contributed by atoms with E-state index in [2.05, 4.69) is 5.32 Å². The van der Waals surface area contributed by atoms with Crippen molar-refractivity contribution in [1.82, 2.24) is 5.32 Å². The van der Waals surface area contributed by atoms with E-state index >= 15 is 0 Å². The molecule has 1 aliphatic heterocycles. The van der Waals surface area contributed by atoms with E-state index in [4.69, 9.17) is 9.47 Å². The Morgan fingerprint density at radius 1 is 1.24 bits per heavy atom. The smallest absolute Gasteiger partial charge is 0.273 e. The summed E-state index contributed by atoms with van der Waals surface area (Å²) in [6.07, 6.45) is -1.06. The standard InChI is InChI=1S/C17H16N2O6/c20-14(12-5-6-15-16(7-12)25-10-24-15)9-18-17(21)8-11-3-1-2-4-13(11)19(22)23/h1-7,14,20H,8-10H2,(H,18,21)/t14-/m0/s1. The lowest BCUT2D eigenvalue weighted by atomic mass is 10.1. The number of aliphatic hydroxyl groups is 1. The highest BCUT2D eigenvalue weighted by Gasteiger charge is 2.18. The second-order valence-electron chi connectivity index (χ2n) is 5.50. The van der Waals surface area contributed by atoms with E-state index in [-0.39, 0.29) is 25.4 Å². The number of hydrogen-bond acceptors (Lipinski definition) is 6. The van der Waals surface area contributed by atoms with Crippen LogP contribution in [0.15, 0.2) is 42.5 Å². The van der Waals surface area contributed by atoms with Gasteiger partial charge in [-0.25, -0.2) is 0 Å². The van der Waals surface area contributed by atoms with Crippen LogP contribution < -0.4 is 14.8 Å². The summed E-state index contributed by atoms with van der Waals surface area (Å²) < 4.78 is 10.4. The van der Waals surface area contributed by atoms with Crippen LogP contribution in [0.4, 0.5) is 5.69 Å². The van der Waals surface area contributed by atoms with Crippen LogP contribution in [0.5, 0.6) is 11.5 Å². The lowest BCUT2D eigenvalue weighted by molar-refractivity contribution is -0.385. The lowest BCUT2D eigenvalue weighted by Crippen LogP contribution is -2.29. The van der Waals surface area contributed by atoms with Gasteiger partial charge in [-0.15, -0.1) is 0 Å². The van der Waals surface area contributed by atoms with Crippen LogP contribution in [0.25, 0.3) is 0 Å². The average molecular weight is 344 g/mol. The fourth-order valence-corrected chi connectivity index (χ4v) is 2.52. The van der Waals surface area contributed by atoms with E-state index in [1.807, 2.05) is 0 Å². The number of nitro benzene ring substituents is 1. The molecule has 1 atom stereocenters. The van der Waals surface area contributed by atoms with Gasteiger partial charge in [0.05, 0.1) is 17.4 Å². The lowest BCUT2D eigenvalue weighted by Gasteiger charge is -2.13. The van der Waals surface area contributed by atoms with Crippen LogP contribution in [0.1, 0.15) is 17.2 Å². The average Bonchev–Trinajstić information content (AvgIpc) is 3.07. The molecule has 3 rings (SSSR count). The second-order valence-corrected chi connectivity index (χ2v) is 5.50. The number of rotatable bonds is 6. The number of fused-ring (bicyclic) bond motifs is 1. The van der Waals surface area contributed by atoms with Gasteiger partial charge in [-0.05, 0) is 17.7 Å². The second kappa shape index (κ2) is 7.18. The van der Waals surface area contributed by atoms with Crippen LogP contribution in [0, 0.1) is 10.1 Å². The summed E-state index contributed by atoms with van der Waals surface area (Å²) in [5, 5.41) is 23.7. The Balaban J connectivity index is 1.58. The zero-order valence-electron chi connectivity index (χ0n) is 13.2. The van der Waals surface area contributed by atoms with Crippen LogP contribution in [0.2, 0.25) is 0 Å². The number of nitrogens with zero attached hydrogens (tertiary/aromatic N) is 1. The number of amides is 1. The number of aliphatic hydroxyl groups excluding tert-OH is 1. The van der Waals surface area contributed by atoms with Gasteiger partial charge >= 0.3 is 0 Å². The first kappa shape index (κ1) is 16.7. The van der Waals surface area contributed by atoms with E-state index in [1.54, 1.807) is 30.3 Å². The Morgan fingerprint density at radius 2 is 2.00 bits per heavy atom. The molecule has 1 aliphatic rings. The Morgan fingerprint density at radius 3 is 2.80 bits per heavy atom. The van der Waals surface area contributed by atoms with Gasteiger partial charge in [0.1, 0.15) is 0 Å². The van der Waals surface area contributed by atoms with E-state index in [1.165, 1.54) is 12.1 Å². The van der Waals surface area contributed by atoms with Gasteiger partial charge in [0, 0.05) is 18.2 Å². The molecule has 0 aliphatic carbocycles. The number of para-hydroxylation sites is 1. The Bertz CT molecular complexity index is 807. The number of hydrogen-bond donors (Lipinski definition) is 2. The van der Waals surface area contributed by atoms with Gasteiger partial charge in [0.2, 0.25) is 12.7 Å². The largest absolute Gasteiger partial charge is 0.454 e. The maximum Gasteiger partial charge on any atom is 0.273 e. The summed E-state index contributed by atoms with van der Waals surface area (Å²) in [6.45, 7) is 0.126.